The smallest absolute Gasteiger partial charge is 0.255 e. The van der Waals surface area contributed by atoms with Crippen LogP contribution in [0, 0.1) is 11.8 Å². The Bertz CT molecular complexity index is 2340. The number of imide groups is 1. The lowest BCUT2D eigenvalue weighted by Crippen LogP contribution is -2.52. The molecule has 2 N–H and O–H groups in total. The topological polar surface area (TPSA) is 166 Å². The standard InChI is InChI=1S/C45H52N10O5/c56-41-13-12-40(44(57)46-41)55-28-34-22-31(8-10-37(34)45(55)58)27-54-20-18-53(19-21-54)26-30-6-4-29(5-7-30)25-52-16-14-35(15-17-52)59-36-3-1-2-32(23-36)42-38-24-33(43-47-50-51-48-43)9-11-39(38)49-60-42/h1-3,8-11,22-24,29-30,35,40H,4-7,12-21,25-28H2,(H,46,56,57)(H,47,48,50,51). The molecule has 0 bridgehead atoms. The molecule has 0 spiro atoms. The Hall–Kier alpha value is -5.51. The summed E-state index contributed by atoms with van der Waals surface area (Å²) in [7, 11) is 0. The van der Waals surface area contributed by atoms with Gasteiger partial charge in [0.1, 0.15) is 23.4 Å². The maximum Gasteiger partial charge on any atom is 0.255 e. The molecule has 2 aromatic heterocycles. The van der Waals surface area contributed by atoms with Crippen LogP contribution in [0.1, 0.15) is 72.9 Å². The Morgan fingerprint density at radius 3 is 2.28 bits per heavy atom. The van der Waals surface area contributed by atoms with Gasteiger partial charge in [0, 0.05) is 88.6 Å². The van der Waals surface area contributed by atoms with Crippen LogP contribution in [0.4, 0.5) is 0 Å². The second kappa shape index (κ2) is 16.9. The van der Waals surface area contributed by atoms with Gasteiger partial charge in [-0.25, -0.2) is 0 Å². The summed E-state index contributed by atoms with van der Waals surface area (Å²) in [4.78, 5) is 46.7. The van der Waals surface area contributed by atoms with Crippen molar-refractivity contribution >= 4 is 28.6 Å². The van der Waals surface area contributed by atoms with Crippen molar-refractivity contribution in [1.29, 1.82) is 0 Å². The van der Waals surface area contributed by atoms with Crippen LogP contribution in [0.3, 0.4) is 0 Å². The number of likely N-dealkylation sites (tertiary alicyclic amines) is 1. The van der Waals surface area contributed by atoms with Gasteiger partial charge in [-0.1, -0.05) is 29.4 Å². The van der Waals surface area contributed by atoms with Crippen molar-refractivity contribution in [3.8, 4) is 28.5 Å². The summed E-state index contributed by atoms with van der Waals surface area (Å²) in [6.45, 7) is 10.1. The van der Waals surface area contributed by atoms with E-state index in [-0.39, 0.29) is 30.2 Å². The first kappa shape index (κ1) is 38.7. The van der Waals surface area contributed by atoms with Crippen molar-refractivity contribution in [2.75, 3.05) is 52.4 Å². The zero-order valence-corrected chi connectivity index (χ0v) is 33.9. The summed E-state index contributed by atoms with van der Waals surface area (Å²) < 4.78 is 12.3. The molecule has 4 fully saturated rings. The van der Waals surface area contributed by atoms with Crippen molar-refractivity contribution in [2.24, 2.45) is 11.8 Å². The van der Waals surface area contributed by atoms with Crippen LogP contribution in [0.2, 0.25) is 0 Å². The van der Waals surface area contributed by atoms with E-state index in [2.05, 4.69) is 57.9 Å². The highest BCUT2D eigenvalue weighted by Gasteiger charge is 2.39. The number of carbonyl (C=O) groups excluding carboxylic acids is 3. The fraction of sp³-hybridized carbons (Fsp3) is 0.489. The summed E-state index contributed by atoms with van der Waals surface area (Å²) in [5.41, 5.74) is 5.39. The molecule has 1 unspecified atom stereocenters. The van der Waals surface area contributed by atoms with Crippen LogP contribution in [0.15, 0.2) is 65.2 Å². The van der Waals surface area contributed by atoms with E-state index in [9.17, 15) is 14.4 Å². The van der Waals surface area contributed by atoms with Gasteiger partial charge in [0.15, 0.2) is 5.76 Å². The number of hydrogen-bond donors (Lipinski definition) is 2. The van der Waals surface area contributed by atoms with E-state index in [1.54, 1.807) is 4.90 Å². The summed E-state index contributed by atoms with van der Waals surface area (Å²) >= 11 is 0. The molecule has 1 aliphatic carbocycles. The van der Waals surface area contributed by atoms with Crippen molar-refractivity contribution in [3.05, 3.63) is 77.4 Å². The van der Waals surface area contributed by atoms with Crippen LogP contribution >= 0.6 is 0 Å². The van der Waals surface area contributed by atoms with E-state index in [0.717, 1.165) is 104 Å². The lowest BCUT2D eigenvalue weighted by molar-refractivity contribution is -0.136. The van der Waals surface area contributed by atoms with Crippen molar-refractivity contribution in [2.45, 2.75) is 76.6 Å². The SMILES string of the molecule is O=C1CCC(N2Cc3cc(CN4CCN(CC5CCC(CN6CCC(Oc7cccc(-c8onc9ccc(-c%10nn[nH]n%10)cc89)c7)CC6)CC5)CC4)ccc3C2=O)C(=O)N1. The molecule has 5 aliphatic rings. The summed E-state index contributed by atoms with van der Waals surface area (Å²) in [5, 5.41) is 22.0. The lowest BCUT2D eigenvalue weighted by Gasteiger charge is -2.39. The van der Waals surface area contributed by atoms with Crippen LogP contribution in [0.25, 0.3) is 33.6 Å². The molecule has 312 valence electrons. The van der Waals surface area contributed by atoms with Crippen LogP contribution in [-0.4, -0.2) is 128 Å². The highest BCUT2D eigenvalue weighted by atomic mass is 16.5. The largest absolute Gasteiger partial charge is 0.490 e. The number of amides is 3. The number of nitrogens with one attached hydrogen (secondary N) is 2. The molecule has 4 aliphatic heterocycles. The fourth-order valence-electron chi connectivity index (χ4n) is 10.1. The van der Waals surface area contributed by atoms with Gasteiger partial charge in [-0.15, -0.1) is 10.2 Å². The Labute approximate surface area is 348 Å². The number of rotatable bonds is 11. The molecule has 15 heteroatoms. The monoisotopic (exact) mass is 812 g/mol. The molecular weight excluding hydrogens is 761 g/mol. The van der Waals surface area contributed by atoms with Crippen LogP contribution in [-0.2, 0) is 22.7 Å². The molecule has 5 aromatic rings. The van der Waals surface area contributed by atoms with E-state index in [4.69, 9.17) is 9.26 Å². The number of nitrogens with zero attached hydrogens (tertiary/aromatic N) is 8. The number of hydrogen-bond acceptors (Lipinski definition) is 12. The number of carbonyl (C=O) groups is 3. The second-order valence-corrected chi connectivity index (χ2v) is 17.5. The molecule has 1 atom stereocenters. The second-order valence-electron chi connectivity index (χ2n) is 17.5. The molecule has 1 saturated carbocycles. The maximum atomic E-state index is 13.1. The first-order valence-corrected chi connectivity index (χ1v) is 21.7. The first-order valence-electron chi connectivity index (χ1n) is 21.7. The Morgan fingerprint density at radius 2 is 1.53 bits per heavy atom. The number of piperazine rings is 1. The number of H-pyrrole nitrogens is 1. The molecule has 10 rings (SSSR count). The first-order chi connectivity index (χ1) is 29.4. The van der Waals surface area contributed by atoms with Gasteiger partial charge < -0.3 is 24.0 Å². The Balaban J connectivity index is 0.635. The van der Waals surface area contributed by atoms with Gasteiger partial charge in [-0.05, 0) is 110 Å². The number of piperidine rings is 2. The van der Waals surface area contributed by atoms with Gasteiger partial charge in [0.05, 0.1) is 5.39 Å². The fourth-order valence-corrected chi connectivity index (χ4v) is 10.1. The van der Waals surface area contributed by atoms with Crippen molar-refractivity contribution in [1.82, 2.24) is 50.7 Å². The number of ether oxygens (including phenoxy) is 1. The van der Waals surface area contributed by atoms with Gasteiger partial charge in [-0.2, -0.15) is 5.21 Å². The summed E-state index contributed by atoms with van der Waals surface area (Å²) in [6, 6.07) is 19.5. The van der Waals surface area contributed by atoms with E-state index < -0.39 is 6.04 Å². The van der Waals surface area contributed by atoms with E-state index in [1.165, 1.54) is 44.3 Å². The molecular formula is C45H52N10O5. The zero-order chi connectivity index (χ0) is 40.6. The lowest BCUT2D eigenvalue weighted by atomic mass is 9.81. The maximum absolute atomic E-state index is 13.1. The number of benzene rings is 3. The van der Waals surface area contributed by atoms with Gasteiger partial charge >= 0.3 is 0 Å². The normalized spacial score (nSPS) is 23.6. The minimum atomic E-state index is -0.577. The average Bonchev–Trinajstić information content (AvgIpc) is 4.03. The van der Waals surface area contributed by atoms with E-state index in [0.29, 0.717) is 30.1 Å². The highest BCUT2D eigenvalue weighted by Crippen LogP contribution is 2.35. The minimum Gasteiger partial charge on any atom is -0.490 e. The van der Waals surface area contributed by atoms with E-state index >= 15 is 0 Å². The Kier molecular flexibility index (Phi) is 10.9. The van der Waals surface area contributed by atoms with Crippen molar-refractivity contribution in [3.63, 3.8) is 0 Å². The van der Waals surface area contributed by atoms with Crippen LogP contribution in [0.5, 0.6) is 5.75 Å². The quantitative estimate of drug-likeness (QED) is 0.174. The van der Waals surface area contributed by atoms with Crippen molar-refractivity contribution < 1.29 is 23.6 Å². The molecule has 3 amide bonds. The predicted octanol–water partition coefficient (Wildman–Crippen LogP) is 4.90. The van der Waals surface area contributed by atoms with Gasteiger partial charge in [-0.3, -0.25) is 24.6 Å². The predicted molar refractivity (Wildman–Crippen MR) is 222 cm³/mol. The molecule has 0 radical (unpaired) electrons. The van der Waals surface area contributed by atoms with Gasteiger partial charge in [0.2, 0.25) is 17.6 Å². The third-order valence-corrected chi connectivity index (χ3v) is 13.5. The Morgan fingerprint density at radius 1 is 0.767 bits per heavy atom. The highest BCUT2D eigenvalue weighted by molar-refractivity contribution is 6.05. The van der Waals surface area contributed by atoms with E-state index in [1.807, 2.05) is 48.5 Å². The number of tetrazole rings is 1. The number of fused-ring (bicyclic) bond motifs is 2. The number of aromatic nitrogens is 5. The average molecular weight is 813 g/mol. The third-order valence-electron chi connectivity index (χ3n) is 13.5. The van der Waals surface area contributed by atoms with Gasteiger partial charge in [0.25, 0.3) is 5.91 Å². The molecule has 3 saturated heterocycles. The minimum absolute atomic E-state index is 0.114. The summed E-state index contributed by atoms with van der Waals surface area (Å²) in [5.74, 6) is 2.89. The zero-order valence-electron chi connectivity index (χ0n) is 33.9. The number of aromatic amines is 1. The third kappa shape index (κ3) is 8.30. The summed E-state index contributed by atoms with van der Waals surface area (Å²) in [6.07, 6.45) is 8.19. The molecule has 6 heterocycles. The molecule has 15 nitrogen and oxygen atoms in total. The molecule has 60 heavy (non-hydrogen) atoms. The molecule has 3 aromatic carbocycles. The van der Waals surface area contributed by atoms with Crippen LogP contribution < -0.4 is 10.1 Å².